The van der Waals surface area contributed by atoms with Gasteiger partial charge in [-0.1, -0.05) is 13.5 Å². The second-order valence-electron chi connectivity index (χ2n) is 8.96. The van der Waals surface area contributed by atoms with Crippen LogP contribution < -0.4 is 10.1 Å². The van der Waals surface area contributed by atoms with Gasteiger partial charge in [-0.05, 0) is 56.5 Å². The number of ether oxygens (including phenoxy) is 1. The van der Waals surface area contributed by atoms with Crippen LogP contribution in [0.5, 0.6) is 5.75 Å². The van der Waals surface area contributed by atoms with Crippen molar-refractivity contribution in [3.8, 4) is 22.8 Å². The van der Waals surface area contributed by atoms with Gasteiger partial charge in [-0.3, -0.25) is 4.79 Å². The number of anilines is 1. The van der Waals surface area contributed by atoms with Crippen molar-refractivity contribution in [3.05, 3.63) is 71.8 Å². The van der Waals surface area contributed by atoms with Crippen LogP contribution in [0.2, 0.25) is 0 Å². The lowest BCUT2D eigenvalue weighted by Gasteiger charge is -2.15. The predicted molar refractivity (Wildman–Crippen MR) is 131 cm³/mol. The SMILES string of the molecule is C.Cc1cc(F)c(C(=O)Nc2cccc3c2OC[C@H](C)n2cnnc2-3)cc1-n1cnc(C2CC2)c1. The van der Waals surface area contributed by atoms with E-state index in [0.29, 0.717) is 29.8 Å². The first kappa shape index (κ1) is 22.8. The quantitative estimate of drug-likeness (QED) is 0.434. The third-order valence-electron chi connectivity index (χ3n) is 6.43. The number of aryl methyl sites for hydroxylation is 1. The highest BCUT2D eigenvalue weighted by Gasteiger charge is 2.27. The minimum Gasteiger partial charge on any atom is -0.488 e. The van der Waals surface area contributed by atoms with Crippen molar-refractivity contribution in [2.24, 2.45) is 0 Å². The van der Waals surface area contributed by atoms with Crippen LogP contribution in [-0.2, 0) is 0 Å². The molecule has 2 aliphatic rings. The number of fused-ring (bicyclic) bond motifs is 3. The van der Waals surface area contributed by atoms with Gasteiger partial charge in [0.05, 0.1) is 40.6 Å². The summed E-state index contributed by atoms with van der Waals surface area (Å²) in [5, 5.41) is 11.1. The number of aromatic nitrogens is 5. The zero-order valence-corrected chi connectivity index (χ0v) is 18.8. The van der Waals surface area contributed by atoms with Crippen LogP contribution in [0.1, 0.15) is 60.8 Å². The van der Waals surface area contributed by atoms with Gasteiger partial charge in [0.15, 0.2) is 11.6 Å². The average molecular weight is 475 g/mol. The molecule has 8 nitrogen and oxygen atoms in total. The Morgan fingerprint density at radius 2 is 2.06 bits per heavy atom. The lowest BCUT2D eigenvalue weighted by molar-refractivity contribution is 0.102. The Labute approximate surface area is 202 Å². The van der Waals surface area contributed by atoms with Crippen LogP contribution in [0.25, 0.3) is 17.1 Å². The minimum atomic E-state index is -0.586. The second-order valence-corrected chi connectivity index (χ2v) is 8.96. The van der Waals surface area contributed by atoms with E-state index >= 15 is 0 Å². The number of halogens is 1. The van der Waals surface area contributed by atoms with Gasteiger partial charge in [0.1, 0.15) is 18.8 Å². The number of carbonyl (C=O) groups is 1. The van der Waals surface area contributed by atoms with Gasteiger partial charge in [0.25, 0.3) is 5.91 Å². The third-order valence-corrected chi connectivity index (χ3v) is 6.43. The van der Waals surface area contributed by atoms with E-state index in [4.69, 9.17) is 4.74 Å². The Bertz CT molecular complexity index is 1420. The molecule has 9 heteroatoms. The summed E-state index contributed by atoms with van der Waals surface area (Å²) in [7, 11) is 0. The highest BCUT2D eigenvalue weighted by molar-refractivity contribution is 6.06. The van der Waals surface area contributed by atoms with Crippen molar-refractivity contribution in [2.75, 3.05) is 11.9 Å². The number of amides is 1. The summed E-state index contributed by atoms with van der Waals surface area (Å²) >= 11 is 0. The molecule has 0 radical (unpaired) electrons. The fourth-order valence-electron chi connectivity index (χ4n) is 4.37. The molecular formula is C26H27FN6O2. The predicted octanol–water partition coefficient (Wildman–Crippen LogP) is 5.30. The van der Waals surface area contributed by atoms with Crippen molar-refractivity contribution in [3.63, 3.8) is 0 Å². The van der Waals surface area contributed by atoms with E-state index < -0.39 is 11.7 Å². The average Bonchev–Trinajstić information content (AvgIpc) is 3.38. The highest BCUT2D eigenvalue weighted by atomic mass is 19.1. The summed E-state index contributed by atoms with van der Waals surface area (Å²) in [6, 6.07) is 8.37. The van der Waals surface area contributed by atoms with Gasteiger partial charge >= 0.3 is 0 Å². The van der Waals surface area contributed by atoms with Crippen molar-refractivity contribution in [1.29, 1.82) is 0 Å². The summed E-state index contributed by atoms with van der Waals surface area (Å²) in [5.74, 6) is 0.513. The van der Waals surface area contributed by atoms with Crippen LogP contribution in [0.3, 0.4) is 0 Å². The number of hydrogen-bond donors (Lipinski definition) is 1. The maximum Gasteiger partial charge on any atom is 0.258 e. The lowest BCUT2D eigenvalue weighted by Crippen LogP contribution is -2.16. The number of nitrogens with zero attached hydrogens (tertiary/aromatic N) is 5. The van der Waals surface area contributed by atoms with Gasteiger partial charge in [-0.25, -0.2) is 9.37 Å². The third kappa shape index (κ3) is 3.96. The normalized spacial score (nSPS) is 16.4. The molecule has 3 heterocycles. The van der Waals surface area contributed by atoms with Crippen LogP contribution >= 0.6 is 0 Å². The number of benzene rings is 2. The smallest absolute Gasteiger partial charge is 0.258 e. The molecule has 0 unspecified atom stereocenters. The van der Waals surface area contributed by atoms with Crippen molar-refractivity contribution in [2.45, 2.75) is 46.1 Å². The van der Waals surface area contributed by atoms with E-state index in [1.165, 1.54) is 6.07 Å². The summed E-state index contributed by atoms with van der Waals surface area (Å²) in [4.78, 5) is 17.7. The number of carbonyl (C=O) groups excluding carboxylic acids is 1. The molecule has 1 saturated carbocycles. The molecule has 35 heavy (non-hydrogen) atoms. The Morgan fingerprint density at radius 3 is 2.86 bits per heavy atom. The number of para-hydroxylation sites is 1. The highest BCUT2D eigenvalue weighted by Crippen LogP contribution is 2.40. The van der Waals surface area contributed by atoms with E-state index in [1.807, 2.05) is 35.2 Å². The Balaban J connectivity index is 0.00000253. The Kier molecular flexibility index (Phi) is 5.62. The molecule has 0 bridgehead atoms. The molecule has 1 N–H and O–H groups in total. The first-order chi connectivity index (χ1) is 16.5. The number of hydrogen-bond acceptors (Lipinski definition) is 5. The molecule has 0 spiro atoms. The summed E-state index contributed by atoms with van der Waals surface area (Å²) in [5.41, 5.74) is 3.59. The zero-order valence-electron chi connectivity index (χ0n) is 18.8. The molecule has 0 saturated heterocycles. The minimum absolute atomic E-state index is 0. The molecule has 4 aromatic rings. The van der Waals surface area contributed by atoms with E-state index in [2.05, 4.69) is 20.5 Å². The molecule has 2 aromatic carbocycles. The maximum absolute atomic E-state index is 14.9. The molecule has 1 amide bonds. The van der Waals surface area contributed by atoms with Gasteiger partial charge in [-0.15, -0.1) is 10.2 Å². The molecule has 6 rings (SSSR count). The Morgan fingerprint density at radius 1 is 1.23 bits per heavy atom. The molecule has 1 fully saturated rings. The topological polar surface area (TPSA) is 86.9 Å². The van der Waals surface area contributed by atoms with Crippen molar-refractivity contribution >= 4 is 11.6 Å². The van der Waals surface area contributed by atoms with Crippen molar-refractivity contribution in [1.82, 2.24) is 24.3 Å². The first-order valence-corrected chi connectivity index (χ1v) is 11.3. The summed E-state index contributed by atoms with van der Waals surface area (Å²) < 4.78 is 24.7. The summed E-state index contributed by atoms with van der Waals surface area (Å²) in [6.45, 7) is 4.21. The molecule has 1 aliphatic heterocycles. The first-order valence-electron chi connectivity index (χ1n) is 11.3. The van der Waals surface area contributed by atoms with Crippen LogP contribution in [0.4, 0.5) is 10.1 Å². The monoisotopic (exact) mass is 474 g/mol. The van der Waals surface area contributed by atoms with Crippen molar-refractivity contribution < 1.29 is 13.9 Å². The number of nitrogens with one attached hydrogen (secondary N) is 1. The standard InChI is InChI=1S/C25H23FN6O2.CH4/c1-14-8-19(26)18(9-22(14)31-10-21(27-12-31)16-6-7-16)25(33)29-20-5-3-4-17-23(20)34-11-15(2)32-13-28-30-24(17)32;/h3-5,8-10,12-13,15-16H,6-7,11H2,1-2H3,(H,29,33);1H4/t15-;/m0./s1. The van der Waals surface area contributed by atoms with Gasteiger partial charge < -0.3 is 19.2 Å². The number of imidazole rings is 1. The molecule has 1 aliphatic carbocycles. The van der Waals surface area contributed by atoms with E-state index in [9.17, 15) is 9.18 Å². The largest absolute Gasteiger partial charge is 0.488 e. The van der Waals surface area contributed by atoms with Gasteiger partial charge in [0, 0.05) is 12.1 Å². The van der Waals surface area contributed by atoms with E-state index in [-0.39, 0.29) is 19.0 Å². The second kappa shape index (κ2) is 8.65. The van der Waals surface area contributed by atoms with Crippen LogP contribution in [0.15, 0.2) is 49.2 Å². The van der Waals surface area contributed by atoms with E-state index in [1.54, 1.807) is 30.9 Å². The molecule has 180 valence electrons. The lowest BCUT2D eigenvalue weighted by atomic mass is 10.1. The molecule has 2 aromatic heterocycles. The van der Waals surface area contributed by atoms with Crippen LogP contribution in [-0.4, -0.2) is 36.8 Å². The zero-order chi connectivity index (χ0) is 23.4. The molecular weight excluding hydrogens is 447 g/mol. The molecule has 1 atom stereocenters. The summed E-state index contributed by atoms with van der Waals surface area (Å²) in [6.07, 6.45) is 7.63. The fraction of sp³-hybridized carbons (Fsp3) is 0.308. The maximum atomic E-state index is 14.9. The van der Waals surface area contributed by atoms with Crippen LogP contribution in [0, 0.1) is 12.7 Å². The fourth-order valence-corrected chi connectivity index (χ4v) is 4.37. The Hall–Kier alpha value is -4.01. The number of rotatable bonds is 4. The van der Waals surface area contributed by atoms with Gasteiger partial charge in [-0.2, -0.15) is 0 Å². The van der Waals surface area contributed by atoms with E-state index in [0.717, 1.165) is 35.3 Å². The van der Waals surface area contributed by atoms with Gasteiger partial charge in [0.2, 0.25) is 0 Å².